The molecule has 0 spiro atoms. The van der Waals surface area contributed by atoms with Gasteiger partial charge in [0.15, 0.2) is 5.43 Å². The lowest BCUT2D eigenvalue weighted by Gasteiger charge is -2.11. The number of carbonyl (C=O) groups is 1. The van der Waals surface area contributed by atoms with Crippen LogP contribution in [0.15, 0.2) is 53.5 Å². The molecule has 0 atom stereocenters. The second-order valence-corrected chi connectivity index (χ2v) is 4.15. The molecule has 0 saturated carbocycles. The third-order valence-corrected chi connectivity index (χ3v) is 2.81. The van der Waals surface area contributed by atoms with E-state index in [2.05, 4.69) is 6.58 Å². The molecule has 2 rings (SSSR count). The van der Waals surface area contributed by atoms with Crippen LogP contribution < -0.4 is 5.43 Å². The minimum atomic E-state index is -0.412. The molecule has 1 aromatic heterocycles. The van der Waals surface area contributed by atoms with Crippen molar-refractivity contribution in [3.8, 4) is 0 Å². The van der Waals surface area contributed by atoms with Gasteiger partial charge in [0.25, 0.3) is 0 Å². The van der Waals surface area contributed by atoms with Gasteiger partial charge in [-0.3, -0.25) is 4.79 Å². The SMILES string of the molecule is C=C(Cn1ccc(=O)c2ccccc21)C(=O)OCC. The summed E-state index contributed by atoms with van der Waals surface area (Å²) < 4.78 is 6.71. The van der Waals surface area contributed by atoms with Gasteiger partial charge in [0.05, 0.1) is 18.7 Å². The number of pyridine rings is 1. The number of para-hydroxylation sites is 1. The van der Waals surface area contributed by atoms with E-state index in [1.54, 1.807) is 19.2 Å². The highest BCUT2D eigenvalue weighted by atomic mass is 16.5. The molecule has 0 bridgehead atoms. The zero-order valence-corrected chi connectivity index (χ0v) is 10.8. The van der Waals surface area contributed by atoms with Crippen molar-refractivity contribution in [1.29, 1.82) is 0 Å². The average molecular weight is 257 g/mol. The fraction of sp³-hybridized carbons (Fsp3) is 0.200. The molecular weight excluding hydrogens is 242 g/mol. The molecule has 19 heavy (non-hydrogen) atoms. The van der Waals surface area contributed by atoms with E-state index < -0.39 is 5.97 Å². The first-order valence-electron chi connectivity index (χ1n) is 6.06. The van der Waals surface area contributed by atoms with E-state index in [-0.39, 0.29) is 5.43 Å². The number of benzene rings is 1. The third-order valence-electron chi connectivity index (χ3n) is 2.81. The van der Waals surface area contributed by atoms with Crippen molar-refractivity contribution in [2.24, 2.45) is 0 Å². The highest BCUT2D eigenvalue weighted by Gasteiger charge is 2.09. The standard InChI is InChI=1S/C15H15NO3/c1-3-19-15(18)11(2)10-16-9-8-14(17)12-6-4-5-7-13(12)16/h4-9H,2-3,10H2,1H3. The lowest BCUT2D eigenvalue weighted by atomic mass is 10.2. The van der Waals surface area contributed by atoms with Gasteiger partial charge in [0.2, 0.25) is 0 Å². The van der Waals surface area contributed by atoms with E-state index in [1.807, 2.05) is 22.8 Å². The first-order valence-corrected chi connectivity index (χ1v) is 6.06. The van der Waals surface area contributed by atoms with Gasteiger partial charge >= 0.3 is 5.97 Å². The maximum absolute atomic E-state index is 11.7. The van der Waals surface area contributed by atoms with Crippen LogP contribution in [0.1, 0.15) is 6.92 Å². The van der Waals surface area contributed by atoms with Gasteiger partial charge in [0.1, 0.15) is 0 Å². The zero-order valence-electron chi connectivity index (χ0n) is 10.8. The Labute approximate surface area is 110 Å². The molecule has 0 saturated heterocycles. The Morgan fingerprint density at radius 1 is 1.32 bits per heavy atom. The van der Waals surface area contributed by atoms with Crippen molar-refractivity contribution in [2.45, 2.75) is 13.5 Å². The van der Waals surface area contributed by atoms with Crippen molar-refractivity contribution in [2.75, 3.05) is 6.61 Å². The molecule has 0 N–H and O–H groups in total. The van der Waals surface area contributed by atoms with E-state index in [1.165, 1.54) is 6.07 Å². The Hall–Kier alpha value is -2.36. The van der Waals surface area contributed by atoms with Crippen LogP contribution in [0.2, 0.25) is 0 Å². The van der Waals surface area contributed by atoms with Gasteiger partial charge in [-0.2, -0.15) is 0 Å². The lowest BCUT2D eigenvalue weighted by molar-refractivity contribution is -0.138. The predicted octanol–water partition coefficient (Wildman–Crippen LogP) is 2.12. The van der Waals surface area contributed by atoms with Crippen LogP contribution in [0, 0.1) is 0 Å². The van der Waals surface area contributed by atoms with Gasteiger partial charge in [-0.1, -0.05) is 18.7 Å². The quantitative estimate of drug-likeness (QED) is 0.622. The summed E-state index contributed by atoms with van der Waals surface area (Å²) in [6, 6.07) is 8.76. The van der Waals surface area contributed by atoms with Crippen molar-refractivity contribution in [3.05, 3.63) is 58.9 Å². The van der Waals surface area contributed by atoms with Crippen molar-refractivity contribution < 1.29 is 9.53 Å². The molecule has 0 aliphatic heterocycles. The highest BCUT2D eigenvalue weighted by Crippen LogP contribution is 2.11. The molecule has 1 aromatic carbocycles. The van der Waals surface area contributed by atoms with E-state index >= 15 is 0 Å². The van der Waals surface area contributed by atoms with E-state index in [4.69, 9.17) is 4.74 Å². The van der Waals surface area contributed by atoms with E-state index in [0.717, 1.165) is 5.52 Å². The van der Waals surface area contributed by atoms with Crippen LogP contribution in [-0.2, 0) is 16.1 Å². The molecule has 98 valence electrons. The van der Waals surface area contributed by atoms with Crippen LogP contribution in [-0.4, -0.2) is 17.1 Å². The van der Waals surface area contributed by atoms with Crippen LogP contribution in [0.25, 0.3) is 10.9 Å². The third kappa shape index (κ3) is 2.73. The Morgan fingerprint density at radius 3 is 2.79 bits per heavy atom. The van der Waals surface area contributed by atoms with E-state index in [9.17, 15) is 9.59 Å². The van der Waals surface area contributed by atoms with E-state index in [0.29, 0.717) is 24.1 Å². The van der Waals surface area contributed by atoms with Crippen LogP contribution in [0.3, 0.4) is 0 Å². The topological polar surface area (TPSA) is 48.3 Å². The zero-order chi connectivity index (χ0) is 13.8. The fourth-order valence-corrected chi connectivity index (χ4v) is 1.90. The van der Waals surface area contributed by atoms with Crippen LogP contribution >= 0.6 is 0 Å². The highest BCUT2D eigenvalue weighted by molar-refractivity contribution is 5.88. The molecule has 2 aromatic rings. The normalized spacial score (nSPS) is 10.4. The number of nitrogens with zero attached hydrogens (tertiary/aromatic N) is 1. The molecule has 0 unspecified atom stereocenters. The second-order valence-electron chi connectivity index (χ2n) is 4.15. The molecular formula is C15H15NO3. The van der Waals surface area contributed by atoms with Crippen molar-refractivity contribution in [1.82, 2.24) is 4.57 Å². The molecule has 4 nitrogen and oxygen atoms in total. The smallest absolute Gasteiger partial charge is 0.335 e. The summed E-state index contributed by atoms with van der Waals surface area (Å²) in [5.74, 6) is -0.412. The summed E-state index contributed by atoms with van der Waals surface area (Å²) in [7, 11) is 0. The van der Waals surface area contributed by atoms with Gasteiger partial charge in [-0.05, 0) is 19.1 Å². The van der Waals surface area contributed by atoms with Crippen LogP contribution in [0.4, 0.5) is 0 Å². The number of hydrogen-bond donors (Lipinski definition) is 0. The summed E-state index contributed by atoms with van der Waals surface area (Å²) in [5, 5.41) is 0.627. The van der Waals surface area contributed by atoms with Gasteiger partial charge in [0, 0.05) is 23.2 Å². The molecule has 0 aliphatic carbocycles. The molecule has 1 heterocycles. The molecule has 4 heteroatoms. The number of carbonyl (C=O) groups excluding carboxylic acids is 1. The molecule has 0 aliphatic rings. The van der Waals surface area contributed by atoms with Crippen LogP contribution in [0.5, 0.6) is 0 Å². The average Bonchev–Trinajstić information content (AvgIpc) is 2.42. The van der Waals surface area contributed by atoms with Gasteiger partial charge < -0.3 is 9.30 Å². The monoisotopic (exact) mass is 257 g/mol. The summed E-state index contributed by atoms with van der Waals surface area (Å²) in [5.41, 5.74) is 1.10. The molecule has 0 radical (unpaired) electrons. The second kappa shape index (κ2) is 5.52. The summed E-state index contributed by atoms with van der Waals surface area (Å²) in [4.78, 5) is 23.3. The Morgan fingerprint density at radius 2 is 2.05 bits per heavy atom. The molecule has 0 amide bonds. The number of aromatic nitrogens is 1. The Kier molecular flexibility index (Phi) is 3.80. The Balaban J connectivity index is 2.37. The largest absolute Gasteiger partial charge is 0.463 e. The Bertz CT molecular complexity index is 685. The lowest BCUT2D eigenvalue weighted by Crippen LogP contribution is -2.14. The minimum Gasteiger partial charge on any atom is -0.463 e. The first-order chi connectivity index (χ1) is 9.13. The summed E-state index contributed by atoms with van der Waals surface area (Å²) in [6.07, 6.45) is 1.66. The van der Waals surface area contributed by atoms with Crippen molar-refractivity contribution in [3.63, 3.8) is 0 Å². The summed E-state index contributed by atoms with van der Waals surface area (Å²) in [6.45, 7) is 6.10. The van der Waals surface area contributed by atoms with Gasteiger partial charge in [-0.15, -0.1) is 0 Å². The number of rotatable bonds is 4. The van der Waals surface area contributed by atoms with Crippen molar-refractivity contribution >= 4 is 16.9 Å². The summed E-state index contributed by atoms with van der Waals surface area (Å²) >= 11 is 0. The number of esters is 1. The number of ether oxygens (including phenoxy) is 1. The maximum atomic E-state index is 11.7. The predicted molar refractivity (Wildman–Crippen MR) is 74.0 cm³/mol. The number of hydrogen-bond acceptors (Lipinski definition) is 3. The first kappa shape index (κ1) is 13.1. The van der Waals surface area contributed by atoms with Gasteiger partial charge in [-0.25, -0.2) is 4.79 Å². The maximum Gasteiger partial charge on any atom is 0.335 e. The fourth-order valence-electron chi connectivity index (χ4n) is 1.90. The number of fused-ring (bicyclic) bond motifs is 1. The minimum absolute atomic E-state index is 0.0337. The molecule has 0 fully saturated rings.